The number of benzene rings is 1. The molecule has 88 valence electrons. The number of rotatable bonds is 3. The Morgan fingerprint density at radius 1 is 1.24 bits per heavy atom. The topological polar surface area (TPSA) is 30.5 Å². The van der Waals surface area contributed by atoms with Gasteiger partial charge in [0.1, 0.15) is 0 Å². The smallest absolute Gasteiger partial charge is 0.231 e. The van der Waals surface area contributed by atoms with E-state index < -0.39 is 0 Å². The zero-order chi connectivity index (χ0) is 11.7. The number of hydrogen-bond donors (Lipinski definition) is 1. The van der Waals surface area contributed by atoms with Crippen LogP contribution in [0, 0.1) is 0 Å². The maximum Gasteiger partial charge on any atom is 0.231 e. The van der Waals surface area contributed by atoms with Gasteiger partial charge in [-0.05, 0) is 36.1 Å². The summed E-state index contributed by atoms with van der Waals surface area (Å²) in [5.74, 6) is 1.66. The Hall–Kier alpha value is -1.68. The van der Waals surface area contributed by atoms with Gasteiger partial charge in [-0.15, -0.1) is 0 Å². The highest BCUT2D eigenvalue weighted by Crippen LogP contribution is 2.34. The van der Waals surface area contributed by atoms with Crippen LogP contribution in [0.15, 0.2) is 35.0 Å². The molecule has 0 saturated carbocycles. The van der Waals surface area contributed by atoms with Gasteiger partial charge >= 0.3 is 0 Å². The Bertz CT molecular complexity index is 510. The summed E-state index contributed by atoms with van der Waals surface area (Å²) >= 11 is 1.69. The lowest BCUT2D eigenvalue weighted by Crippen LogP contribution is -2.05. The van der Waals surface area contributed by atoms with Crippen LogP contribution >= 0.6 is 11.3 Å². The largest absolute Gasteiger partial charge is 0.454 e. The Morgan fingerprint density at radius 3 is 2.94 bits per heavy atom. The van der Waals surface area contributed by atoms with Crippen LogP contribution in [0.3, 0.4) is 0 Å². The van der Waals surface area contributed by atoms with Crippen molar-refractivity contribution < 1.29 is 9.47 Å². The maximum atomic E-state index is 5.38. The van der Waals surface area contributed by atoms with Crippen molar-refractivity contribution in [3.05, 3.63) is 40.6 Å². The summed E-state index contributed by atoms with van der Waals surface area (Å²) in [5.41, 5.74) is 2.35. The third kappa shape index (κ3) is 2.08. The molecule has 0 spiro atoms. The van der Waals surface area contributed by atoms with Crippen LogP contribution in [-0.2, 0) is 0 Å². The second kappa shape index (κ2) is 4.30. The predicted molar refractivity (Wildman–Crippen MR) is 68.9 cm³/mol. The van der Waals surface area contributed by atoms with Crippen molar-refractivity contribution >= 4 is 17.0 Å². The first-order valence-corrected chi connectivity index (χ1v) is 6.45. The van der Waals surface area contributed by atoms with Crippen LogP contribution in [0.4, 0.5) is 5.69 Å². The summed E-state index contributed by atoms with van der Waals surface area (Å²) in [6, 6.07) is 8.39. The highest BCUT2D eigenvalue weighted by Gasteiger charge is 2.15. The Kier molecular flexibility index (Phi) is 2.65. The molecule has 0 aliphatic carbocycles. The van der Waals surface area contributed by atoms with Crippen molar-refractivity contribution in [1.29, 1.82) is 0 Å². The molecule has 1 aromatic heterocycles. The van der Waals surface area contributed by atoms with Crippen molar-refractivity contribution in [2.75, 3.05) is 12.1 Å². The van der Waals surface area contributed by atoms with E-state index in [1.807, 2.05) is 12.1 Å². The normalized spacial score (nSPS) is 14.6. The molecule has 1 aliphatic heterocycles. The molecule has 0 fully saturated rings. The third-order valence-electron chi connectivity index (χ3n) is 2.80. The highest BCUT2D eigenvalue weighted by molar-refractivity contribution is 7.08. The molecule has 2 heterocycles. The lowest BCUT2D eigenvalue weighted by molar-refractivity contribution is 0.174. The van der Waals surface area contributed by atoms with Crippen molar-refractivity contribution in [2.24, 2.45) is 0 Å². The zero-order valence-electron chi connectivity index (χ0n) is 9.47. The summed E-state index contributed by atoms with van der Waals surface area (Å²) in [5, 5.41) is 7.61. The third-order valence-corrected chi connectivity index (χ3v) is 3.48. The molecule has 3 rings (SSSR count). The molecule has 3 nitrogen and oxygen atoms in total. The minimum atomic E-state index is 0.249. The molecule has 1 atom stereocenters. The molecule has 0 amide bonds. The van der Waals surface area contributed by atoms with E-state index in [9.17, 15) is 0 Å². The molecule has 1 aromatic carbocycles. The molecular formula is C13H13NO2S. The first kappa shape index (κ1) is 10.5. The van der Waals surface area contributed by atoms with Gasteiger partial charge in [0.25, 0.3) is 0 Å². The Morgan fingerprint density at radius 2 is 2.12 bits per heavy atom. The van der Waals surface area contributed by atoms with Gasteiger partial charge < -0.3 is 14.8 Å². The molecule has 17 heavy (non-hydrogen) atoms. The molecular weight excluding hydrogens is 234 g/mol. The molecule has 0 radical (unpaired) electrons. The molecule has 1 unspecified atom stereocenters. The fourth-order valence-corrected chi connectivity index (χ4v) is 2.46. The number of hydrogen-bond acceptors (Lipinski definition) is 4. The van der Waals surface area contributed by atoms with E-state index in [0.717, 1.165) is 17.2 Å². The fraction of sp³-hybridized carbons (Fsp3) is 0.231. The van der Waals surface area contributed by atoms with Crippen LogP contribution in [0.1, 0.15) is 18.5 Å². The van der Waals surface area contributed by atoms with Gasteiger partial charge in [0.15, 0.2) is 11.5 Å². The van der Waals surface area contributed by atoms with Crippen LogP contribution in [-0.4, -0.2) is 6.79 Å². The molecule has 1 aliphatic rings. The van der Waals surface area contributed by atoms with Gasteiger partial charge in [-0.1, -0.05) is 6.07 Å². The van der Waals surface area contributed by atoms with Crippen molar-refractivity contribution in [2.45, 2.75) is 13.0 Å². The van der Waals surface area contributed by atoms with E-state index in [1.54, 1.807) is 11.3 Å². The van der Waals surface area contributed by atoms with Gasteiger partial charge in [0.2, 0.25) is 6.79 Å². The minimum absolute atomic E-state index is 0.249. The SMILES string of the molecule is CC(Nc1ccsc1)c1ccc2c(c1)OCO2. The van der Waals surface area contributed by atoms with Gasteiger partial charge in [0.05, 0.1) is 0 Å². The van der Waals surface area contributed by atoms with E-state index in [0.29, 0.717) is 6.79 Å². The van der Waals surface area contributed by atoms with Gasteiger partial charge in [-0.3, -0.25) is 0 Å². The van der Waals surface area contributed by atoms with E-state index in [2.05, 4.69) is 35.1 Å². The monoisotopic (exact) mass is 247 g/mol. The lowest BCUT2D eigenvalue weighted by Gasteiger charge is -2.14. The van der Waals surface area contributed by atoms with Crippen LogP contribution < -0.4 is 14.8 Å². The minimum Gasteiger partial charge on any atom is -0.454 e. The maximum absolute atomic E-state index is 5.38. The Labute approximate surface area is 104 Å². The van der Waals surface area contributed by atoms with Crippen LogP contribution in [0.25, 0.3) is 0 Å². The quantitative estimate of drug-likeness (QED) is 0.898. The second-order valence-corrected chi connectivity index (χ2v) is 4.77. The lowest BCUT2D eigenvalue weighted by atomic mass is 10.1. The standard InChI is InChI=1S/C13H13NO2S/c1-9(14-11-4-5-17-7-11)10-2-3-12-13(6-10)16-8-15-12/h2-7,9,14H,8H2,1H3. The van der Waals surface area contributed by atoms with Crippen LogP contribution in [0.2, 0.25) is 0 Å². The Balaban J connectivity index is 1.79. The summed E-state index contributed by atoms with van der Waals surface area (Å²) in [6.45, 7) is 2.46. The van der Waals surface area contributed by atoms with Gasteiger partial charge in [-0.25, -0.2) is 0 Å². The van der Waals surface area contributed by atoms with E-state index >= 15 is 0 Å². The number of ether oxygens (including phenoxy) is 2. The zero-order valence-corrected chi connectivity index (χ0v) is 10.3. The summed E-state index contributed by atoms with van der Waals surface area (Å²) in [4.78, 5) is 0. The summed E-state index contributed by atoms with van der Waals surface area (Å²) < 4.78 is 10.7. The fourth-order valence-electron chi connectivity index (χ4n) is 1.86. The van der Waals surface area contributed by atoms with E-state index in [4.69, 9.17) is 9.47 Å². The van der Waals surface area contributed by atoms with Gasteiger partial charge in [-0.2, -0.15) is 11.3 Å². The van der Waals surface area contributed by atoms with Crippen LogP contribution in [0.5, 0.6) is 11.5 Å². The first-order valence-electron chi connectivity index (χ1n) is 5.51. The van der Waals surface area contributed by atoms with E-state index in [1.165, 1.54) is 5.56 Å². The average molecular weight is 247 g/mol. The number of nitrogens with one attached hydrogen (secondary N) is 1. The van der Waals surface area contributed by atoms with Crippen molar-refractivity contribution in [3.63, 3.8) is 0 Å². The van der Waals surface area contributed by atoms with Crippen molar-refractivity contribution in [3.8, 4) is 11.5 Å². The van der Waals surface area contributed by atoms with Crippen molar-refractivity contribution in [1.82, 2.24) is 0 Å². The second-order valence-electron chi connectivity index (χ2n) is 3.99. The average Bonchev–Trinajstić information content (AvgIpc) is 2.97. The molecule has 1 N–H and O–H groups in total. The number of fused-ring (bicyclic) bond motifs is 1. The first-order chi connectivity index (χ1) is 8.33. The molecule has 4 heteroatoms. The number of thiophene rings is 1. The van der Waals surface area contributed by atoms with E-state index in [-0.39, 0.29) is 6.04 Å². The molecule has 2 aromatic rings. The number of anilines is 1. The predicted octanol–water partition coefficient (Wildman–Crippen LogP) is 3.65. The molecule has 0 saturated heterocycles. The summed E-state index contributed by atoms with van der Waals surface area (Å²) in [7, 11) is 0. The highest BCUT2D eigenvalue weighted by atomic mass is 32.1. The summed E-state index contributed by atoms with van der Waals surface area (Å²) in [6.07, 6.45) is 0. The molecule has 0 bridgehead atoms. The van der Waals surface area contributed by atoms with Gasteiger partial charge in [0, 0.05) is 17.1 Å².